The SMILES string of the molecule is Cc1cc(Br)c(NC(=O)CSc2nnnn2-c2ccccc2C)c(Br)c1. The summed E-state index contributed by atoms with van der Waals surface area (Å²) in [5.74, 6) is 0.0542. The highest BCUT2D eigenvalue weighted by atomic mass is 79.9. The summed E-state index contributed by atoms with van der Waals surface area (Å²) >= 11 is 8.24. The Morgan fingerprint density at radius 1 is 1.19 bits per heavy atom. The van der Waals surface area contributed by atoms with Gasteiger partial charge in [-0.2, -0.15) is 4.68 Å². The van der Waals surface area contributed by atoms with E-state index in [1.807, 2.05) is 50.2 Å². The number of para-hydroxylation sites is 1. The molecule has 6 nitrogen and oxygen atoms in total. The first-order chi connectivity index (χ1) is 12.5. The van der Waals surface area contributed by atoms with Gasteiger partial charge in [-0.05, 0) is 85.5 Å². The van der Waals surface area contributed by atoms with E-state index < -0.39 is 0 Å². The third-order valence-corrected chi connectivity index (χ3v) is 5.74. The zero-order chi connectivity index (χ0) is 18.7. The molecule has 3 rings (SSSR count). The molecule has 0 radical (unpaired) electrons. The van der Waals surface area contributed by atoms with Crippen LogP contribution in [0.3, 0.4) is 0 Å². The van der Waals surface area contributed by atoms with E-state index in [2.05, 4.69) is 52.7 Å². The fourth-order valence-corrected chi connectivity index (χ4v) is 4.64. The van der Waals surface area contributed by atoms with Gasteiger partial charge in [0, 0.05) is 8.95 Å². The monoisotopic (exact) mass is 495 g/mol. The van der Waals surface area contributed by atoms with Gasteiger partial charge in [0.1, 0.15) is 0 Å². The second kappa shape index (κ2) is 8.32. The number of aryl methyl sites for hydroxylation is 2. The molecule has 0 atom stereocenters. The lowest BCUT2D eigenvalue weighted by Gasteiger charge is -2.11. The number of rotatable bonds is 5. The first-order valence-corrected chi connectivity index (χ1v) is 10.3. The second-order valence-electron chi connectivity index (χ2n) is 5.60. The molecule has 0 aliphatic rings. The van der Waals surface area contributed by atoms with Crippen LogP contribution in [0.4, 0.5) is 5.69 Å². The lowest BCUT2D eigenvalue weighted by atomic mass is 10.2. The summed E-state index contributed by atoms with van der Waals surface area (Å²) in [4.78, 5) is 12.4. The van der Waals surface area contributed by atoms with E-state index in [1.54, 1.807) is 4.68 Å². The van der Waals surface area contributed by atoms with Crippen LogP contribution in [0.1, 0.15) is 11.1 Å². The maximum atomic E-state index is 12.4. The van der Waals surface area contributed by atoms with Gasteiger partial charge in [0.25, 0.3) is 0 Å². The molecule has 0 fully saturated rings. The molecule has 0 unspecified atom stereocenters. The summed E-state index contributed by atoms with van der Waals surface area (Å²) in [5.41, 5.74) is 3.75. The fourth-order valence-electron chi connectivity index (χ4n) is 2.35. The van der Waals surface area contributed by atoms with Crippen LogP contribution in [-0.2, 0) is 4.79 Å². The largest absolute Gasteiger partial charge is 0.323 e. The van der Waals surface area contributed by atoms with Crippen LogP contribution in [0, 0.1) is 13.8 Å². The summed E-state index contributed by atoms with van der Waals surface area (Å²) in [5, 5.41) is 15.3. The van der Waals surface area contributed by atoms with Crippen molar-refractivity contribution in [3.63, 3.8) is 0 Å². The highest BCUT2D eigenvalue weighted by molar-refractivity contribution is 9.11. The van der Waals surface area contributed by atoms with Crippen molar-refractivity contribution >= 4 is 55.2 Å². The number of hydrogen-bond acceptors (Lipinski definition) is 5. The number of aromatic nitrogens is 4. The molecule has 1 amide bonds. The predicted octanol–water partition coefficient (Wildman–Crippen LogP) is 4.53. The van der Waals surface area contributed by atoms with Gasteiger partial charge < -0.3 is 5.32 Å². The molecule has 1 aromatic heterocycles. The van der Waals surface area contributed by atoms with Crippen molar-refractivity contribution in [3.8, 4) is 5.69 Å². The van der Waals surface area contributed by atoms with Gasteiger partial charge >= 0.3 is 0 Å². The lowest BCUT2D eigenvalue weighted by molar-refractivity contribution is -0.113. The number of carbonyl (C=O) groups excluding carboxylic acids is 1. The topological polar surface area (TPSA) is 72.7 Å². The van der Waals surface area contributed by atoms with Crippen LogP contribution in [0.25, 0.3) is 5.69 Å². The highest BCUT2D eigenvalue weighted by Crippen LogP contribution is 2.32. The van der Waals surface area contributed by atoms with Crippen LogP contribution >= 0.6 is 43.6 Å². The standard InChI is InChI=1S/C17H15Br2N5OS/c1-10-7-12(18)16(13(19)8-10)20-15(25)9-26-17-21-22-23-24(17)14-6-4-3-5-11(14)2/h3-8H,9H2,1-2H3,(H,20,25). The molecule has 0 saturated heterocycles. The van der Waals surface area contributed by atoms with E-state index in [1.165, 1.54) is 11.8 Å². The van der Waals surface area contributed by atoms with Gasteiger partial charge in [0.05, 0.1) is 17.1 Å². The first-order valence-electron chi connectivity index (χ1n) is 7.68. The van der Waals surface area contributed by atoms with Crippen LogP contribution in [0.15, 0.2) is 50.5 Å². The van der Waals surface area contributed by atoms with Gasteiger partial charge in [-0.15, -0.1) is 5.10 Å². The molecule has 0 bridgehead atoms. The minimum atomic E-state index is -0.139. The third kappa shape index (κ3) is 4.33. The average molecular weight is 497 g/mol. The van der Waals surface area contributed by atoms with E-state index in [0.717, 1.165) is 25.8 Å². The van der Waals surface area contributed by atoms with Gasteiger partial charge in [0.2, 0.25) is 11.1 Å². The Morgan fingerprint density at radius 2 is 1.88 bits per heavy atom. The maximum Gasteiger partial charge on any atom is 0.234 e. The molecule has 0 saturated carbocycles. The van der Waals surface area contributed by atoms with Crippen LogP contribution in [0.5, 0.6) is 0 Å². The maximum absolute atomic E-state index is 12.4. The van der Waals surface area contributed by atoms with Crippen molar-refractivity contribution < 1.29 is 4.79 Å². The Balaban J connectivity index is 1.70. The minimum absolute atomic E-state index is 0.139. The number of nitrogens with one attached hydrogen (secondary N) is 1. The molecule has 26 heavy (non-hydrogen) atoms. The number of benzene rings is 2. The molecular weight excluding hydrogens is 482 g/mol. The van der Waals surface area contributed by atoms with Gasteiger partial charge in [-0.1, -0.05) is 30.0 Å². The second-order valence-corrected chi connectivity index (χ2v) is 8.25. The number of thioether (sulfide) groups is 1. The van der Waals surface area contributed by atoms with E-state index in [9.17, 15) is 4.79 Å². The van der Waals surface area contributed by atoms with Gasteiger partial charge in [-0.25, -0.2) is 0 Å². The molecule has 0 aliphatic heterocycles. The lowest BCUT2D eigenvalue weighted by Crippen LogP contribution is -2.15. The molecule has 0 spiro atoms. The summed E-state index contributed by atoms with van der Waals surface area (Å²) < 4.78 is 3.30. The van der Waals surface area contributed by atoms with Crippen molar-refractivity contribution in [3.05, 3.63) is 56.5 Å². The Labute approximate surface area is 172 Å². The molecule has 9 heteroatoms. The van der Waals surface area contributed by atoms with E-state index >= 15 is 0 Å². The Morgan fingerprint density at radius 3 is 2.58 bits per heavy atom. The first kappa shape index (κ1) is 19.1. The number of nitrogens with zero attached hydrogens (tertiary/aromatic N) is 4. The zero-order valence-corrected chi connectivity index (χ0v) is 18.0. The van der Waals surface area contributed by atoms with Crippen molar-refractivity contribution in [1.29, 1.82) is 0 Å². The van der Waals surface area contributed by atoms with Crippen molar-refractivity contribution in [1.82, 2.24) is 20.2 Å². The summed E-state index contributed by atoms with van der Waals surface area (Å²) in [6.45, 7) is 3.98. The van der Waals surface area contributed by atoms with Gasteiger partial charge in [0.15, 0.2) is 0 Å². The van der Waals surface area contributed by atoms with E-state index in [-0.39, 0.29) is 11.7 Å². The van der Waals surface area contributed by atoms with Crippen molar-refractivity contribution in [2.75, 3.05) is 11.1 Å². The number of amides is 1. The molecule has 2 aromatic carbocycles. The highest BCUT2D eigenvalue weighted by Gasteiger charge is 2.15. The van der Waals surface area contributed by atoms with E-state index in [0.29, 0.717) is 10.8 Å². The Bertz CT molecular complexity index is 937. The minimum Gasteiger partial charge on any atom is -0.323 e. The Kier molecular flexibility index (Phi) is 6.10. The number of carbonyl (C=O) groups is 1. The molecule has 134 valence electrons. The Hall–Kier alpha value is -1.71. The fraction of sp³-hybridized carbons (Fsp3) is 0.176. The van der Waals surface area contributed by atoms with Crippen molar-refractivity contribution in [2.45, 2.75) is 19.0 Å². The van der Waals surface area contributed by atoms with Crippen LogP contribution in [0.2, 0.25) is 0 Å². The average Bonchev–Trinajstić information content (AvgIpc) is 3.05. The summed E-state index contributed by atoms with van der Waals surface area (Å²) in [7, 11) is 0. The number of halogens is 2. The molecular formula is C17H15Br2N5OS. The number of tetrazole rings is 1. The molecule has 1 heterocycles. The van der Waals surface area contributed by atoms with Gasteiger partial charge in [-0.3, -0.25) is 4.79 Å². The summed E-state index contributed by atoms with van der Waals surface area (Å²) in [6, 6.07) is 11.7. The number of hydrogen-bond donors (Lipinski definition) is 1. The van der Waals surface area contributed by atoms with Crippen molar-refractivity contribution in [2.24, 2.45) is 0 Å². The molecule has 3 aromatic rings. The normalized spacial score (nSPS) is 10.8. The van der Waals surface area contributed by atoms with E-state index in [4.69, 9.17) is 0 Å². The predicted molar refractivity (Wildman–Crippen MR) is 110 cm³/mol. The smallest absolute Gasteiger partial charge is 0.234 e. The quantitative estimate of drug-likeness (QED) is 0.525. The summed E-state index contributed by atoms with van der Waals surface area (Å²) in [6.07, 6.45) is 0. The third-order valence-electron chi connectivity index (χ3n) is 3.57. The molecule has 0 aliphatic carbocycles. The molecule has 1 N–H and O–H groups in total. The van der Waals surface area contributed by atoms with Crippen LogP contribution < -0.4 is 5.32 Å². The zero-order valence-electron chi connectivity index (χ0n) is 14.0. The number of anilines is 1. The van der Waals surface area contributed by atoms with Crippen LogP contribution in [-0.4, -0.2) is 31.9 Å².